The largest absolute Gasteiger partial charge is 0.479 e. The van der Waals surface area contributed by atoms with Gasteiger partial charge in [0.1, 0.15) is 0 Å². The van der Waals surface area contributed by atoms with Gasteiger partial charge in [-0.15, -0.1) is 0 Å². The van der Waals surface area contributed by atoms with Crippen molar-refractivity contribution in [2.75, 3.05) is 13.3 Å². The van der Waals surface area contributed by atoms with Gasteiger partial charge in [-0.05, 0) is 63.2 Å². The third-order valence-electron chi connectivity index (χ3n) is 5.15. The zero-order valence-corrected chi connectivity index (χ0v) is 15.1. The highest BCUT2D eigenvalue weighted by Gasteiger charge is 2.46. The lowest BCUT2D eigenvalue weighted by molar-refractivity contribution is -0.165. The molecular formula is C20H33FO4. The smallest absolute Gasteiger partial charge is 0.335 e. The van der Waals surface area contributed by atoms with Crippen LogP contribution in [0, 0.1) is 11.8 Å². The van der Waals surface area contributed by atoms with Crippen LogP contribution < -0.4 is 0 Å². The van der Waals surface area contributed by atoms with Crippen molar-refractivity contribution in [3.05, 3.63) is 24.3 Å². The number of carbonyl (C=O) groups is 1. The predicted octanol–water partition coefficient (Wildman–Crippen LogP) is 4.02. The molecule has 0 radical (unpaired) electrons. The number of carboxylic acids is 1. The quantitative estimate of drug-likeness (QED) is 0.344. The van der Waals surface area contributed by atoms with Crippen LogP contribution in [0.1, 0.15) is 64.2 Å². The van der Waals surface area contributed by atoms with Crippen molar-refractivity contribution in [2.24, 2.45) is 11.8 Å². The van der Waals surface area contributed by atoms with Crippen LogP contribution in [-0.4, -0.2) is 40.2 Å². The molecule has 1 saturated carbocycles. The third-order valence-corrected chi connectivity index (χ3v) is 5.15. The van der Waals surface area contributed by atoms with E-state index in [-0.39, 0.29) is 25.6 Å². The lowest BCUT2D eigenvalue weighted by atomic mass is 9.81. The minimum atomic E-state index is -1.69. The standard InChI is InChI=1S/C20H33FO4/c21-14-8-4-2-1-3-6-10-17-11-12-18(16-17)20(25,19(23)24)13-7-5-9-15-22/h5-6,9-10,17-18,22,25H,1-4,7-8,11-16H2,(H,23,24)/t17-,18+,20-/m1/s1. The molecule has 1 aliphatic rings. The molecule has 1 rings (SSSR count). The first kappa shape index (κ1) is 21.8. The van der Waals surface area contributed by atoms with E-state index in [2.05, 4.69) is 12.2 Å². The second kappa shape index (κ2) is 12.2. The topological polar surface area (TPSA) is 77.8 Å². The lowest BCUT2D eigenvalue weighted by Crippen LogP contribution is -2.45. The van der Waals surface area contributed by atoms with Crippen LogP contribution >= 0.6 is 0 Å². The Morgan fingerprint density at radius 3 is 2.52 bits per heavy atom. The molecule has 0 aliphatic heterocycles. The number of carboxylic acid groups (broad SMARTS) is 1. The first-order valence-electron chi connectivity index (χ1n) is 9.48. The van der Waals surface area contributed by atoms with Crippen LogP contribution in [0.3, 0.4) is 0 Å². The van der Waals surface area contributed by atoms with E-state index >= 15 is 0 Å². The van der Waals surface area contributed by atoms with E-state index in [1.54, 1.807) is 12.2 Å². The predicted molar refractivity (Wildman–Crippen MR) is 97.1 cm³/mol. The maximum Gasteiger partial charge on any atom is 0.335 e. The van der Waals surface area contributed by atoms with Gasteiger partial charge in [0.2, 0.25) is 0 Å². The van der Waals surface area contributed by atoms with Crippen LogP contribution in [0.4, 0.5) is 4.39 Å². The van der Waals surface area contributed by atoms with E-state index in [0.717, 1.165) is 38.5 Å². The molecule has 0 bridgehead atoms. The number of aliphatic hydroxyl groups excluding tert-OH is 1. The van der Waals surface area contributed by atoms with Gasteiger partial charge in [0.15, 0.2) is 5.60 Å². The number of hydrogen-bond acceptors (Lipinski definition) is 3. The number of hydrogen-bond donors (Lipinski definition) is 3. The van der Waals surface area contributed by atoms with E-state index < -0.39 is 11.6 Å². The lowest BCUT2D eigenvalue weighted by Gasteiger charge is -2.29. The summed E-state index contributed by atoms with van der Waals surface area (Å²) in [4.78, 5) is 11.6. The normalized spacial score (nSPS) is 23.5. The van der Waals surface area contributed by atoms with Crippen molar-refractivity contribution >= 4 is 5.97 Å². The minimum absolute atomic E-state index is 0.0738. The molecule has 0 saturated heterocycles. The van der Waals surface area contributed by atoms with E-state index in [1.165, 1.54) is 0 Å². The molecule has 1 aliphatic carbocycles. The SMILES string of the molecule is O=C(O)[C@@](O)(CCC=CCO)[C@H]1CC[C@@H](C=CCCCCCCF)C1. The van der Waals surface area contributed by atoms with Gasteiger partial charge in [0.25, 0.3) is 0 Å². The zero-order valence-electron chi connectivity index (χ0n) is 15.1. The number of halogens is 1. The summed E-state index contributed by atoms with van der Waals surface area (Å²) in [6, 6.07) is 0. The highest BCUT2D eigenvalue weighted by atomic mass is 19.1. The average molecular weight is 356 g/mol. The fourth-order valence-electron chi connectivity index (χ4n) is 3.61. The maximum absolute atomic E-state index is 12.0. The second-order valence-electron chi connectivity index (χ2n) is 7.01. The van der Waals surface area contributed by atoms with Crippen molar-refractivity contribution in [2.45, 2.75) is 69.8 Å². The molecule has 25 heavy (non-hydrogen) atoms. The van der Waals surface area contributed by atoms with Crippen molar-refractivity contribution in [1.82, 2.24) is 0 Å². The fraction of sp³-hybridized carbons (Fsp3) is 0.750. The Balaban J connectivity index is 2.41. The van der Waals surface area contributed by atoms with Gasteiger partial charge in [-0.3, -0.25) is 4.39 Å². The summed E-state index contributed by atoms with van der Waals surface area (Å²) in [6.45, 7) is -0.308. The Bertz CT molecular complexity index is 435. The van der Waals surface area contributed by atoms with Crippen LogP contribution in [0.5, 0.6) is 0 Å². The summed E-state index contributed by atoms with van der Waals surface area (Å²) in [5.41, 5.74) is -1.69. The Kier molecular flexibility index (Phi) is 10.7. The first-order chi connectivity index (χ1) is 12.0. The molecule has 3 atom stereocenters. The molecule has 0 amide bonds. The summed E-state index contributed by atoms with van der Waals surface area (Å²) in [6.07, 6.45) is 15.2. The Morgan fingerprint density at radius 1 is 1.08 bits per heavy atom. The number of aliphatic hydroxyl groups is 2. The highest BCUT2D eigenvalue weighted by molar-refractivity contribution is 5.77. The zero-order chi connectivity index (χ0) is 18.5. The molecule has 1 fully saturated rings. The van der Waals surface area contributed by atoms with Crippen molar-refractivity contribution in [3.8, 4) is 0 Å². The molecule has 0 heterocycles. The Hall–Kier alpha value is -1.20. The molecule has 3 N–H and O–H groups in total. The summed E-state index contributed by atoms with van der Waals surface area (Å²) in [7, 11) is 0. The van der Waals surface area contributed by atoms with E-state index in [9.17, 15) is 19.4 Å². The van der Waals surface area contributed by atoms with Gasteiger partial charge in [0.05, 0.1) is 13.3 Å². The second-order valence-corrected chi connectivity index (χ2v) is 7.01. The number of unbranched alkanes of at least 4 members (excludes halogenated alkanes) is 4. The summed E-state index contributed by atoms with van der Waals surface area (Å²) in [5.74, 6) is -1.05. The molecular weight excluding hydrogens is 323 g/mol. The van der Waals surface area contributed by atoms with Gasteiger partial charge in [-0.25, -0.2) is 4.79 Å². The average Bonchev–Trinajstić information content (AvgIpc) is 3.07. The molecule has 0 unspecified atom stereocenters. The summed E-state index contributed by atoms with van der Waals surface area (Å²) in [5, 5.41) is 28.9. The third kappa shape index (κ3) is 7.70. The first-order valence-corrected chi connectivity index (χ1v) is 9.48. The fourth-order valence-corrected chi connectivity index (χ4v) is 3.61. The number of alkyl halides is 1. The van der Waals surface area contributed by atoms with Crippen molar-refractivity contribution in [3.63, 3.8) is 0 Å². The minimum Gasteiger partial charge on any atom is -0.479 e. The molecule has 144 valence electrons. The molecule has 4 nitrogen and oxygen atoms in total. The van der Waals surface area contributed by atoms with Gasteiger partial charge in [-0.1, -0.05) is 37.1 Å². The van der Waals surface area contributed by atoms with Gasteiger partial charge in [-0.2, -0.15) is 0 Å². The van der Waals surface area contributed by atoms with Gasteiger partial charge < -0.3 is 15.3 Å². The van der Waals surface area contributed by atoms with Crippen LogP contribution in [0.15, 0.2) is 24.3 Å². The Morgan fingerprint density at radius 2 is 1.84 bits per heavy atom. The van der Waals surface area contributed by atoms with E-state index in [0.29, 0.717) is 25.2 Å². The highest BCUT2D eigenvalue weighted by Crippen LogP contribution is 2.41. The van der Waals surface area contributed by atoms with E-state index in [1.807, 2.05) is 0 Å². The monoisotopic (exact) mass is 356 g/mol. The van der Waals surface area contributed by atoms with Gasteiger partial charge in [0, 0.05) is 0 Å². The number of rotatable bonds is 13. The maximum atomic E-state index is 12.0. The van der Waals surface area contributed by atoms with E-state index in [4.69, 9.17) is 5.11 Å². The summed E-state index contributed by atoms with van der Waals surface area (Å²) >= 11 is 0. The molecule has 0 spiro atoms. The molecule has 0 aromatic heterocycles. The Labute approximate surface area is 150 Å². The number of allylic oxidation sites excluding steroid dienone is 3. The van der Waals surface area contributed by atoms with Crippen LogP contribution in [-0.2, 0) is 4.79 Å². The van der Waals surface area contributed by atoms with Crippen molar-refractivity contribution in [1.29, 1.82) is 0 Å². The number of aliphatic carboxylic acids is 1. The molecule has 0 aromatic carbocycles. The molecule has 0 aromatic rings. The summed E-state index contributed by atoms with van der Waals surface area (Å²) < 4.78 is 12.0. The van der Waals surface area contributed by atoms with Gasteiger partial charge >= 0.3 is 5.97 Å². The van der Waals surface area contributed by atoms with Crippen LogP contribution in [0.2, 0.25) is 0 Å². The molecule has 5 heteroatoms. The van der Waals surface area contributed by atoms with Crippen LogP contribution in [0.25, 0.3) is 0 Å². The van der Waals surface area contributed by atoms with Crippen molar-refractivity contribution < 1.29 is 24.5 Å².